The molecule has 0 aromatic heterocycles. The Morgan fingerprint density at radius 2 is 1.89 bits per heavy atom. The van der Waals surface area contributed by atoms with Gasteiger partial charge in [0, 0.05) is 35.0 Å². The molecular weight excluding hydrogens is 558 g/mol. The van der Waals surface area contributed by atoms with Gasteiger partial charge in [0.25, 0.3) is 0 Å². The fraction of sp³-hybridized carbons (Fsp3) is 0.667. The van der Waals surface area contributed by atoms with Crippen molar-refractivity contribution in [3.8, 4) is 5.75 Å². The van der Waals surface area contributed by atoms with E-state index in [0.29, 0.717) is 25.3 Å². The topological polar surface area (TPSA) is 108 Å². The molecule has 4 rings (SSSR count). The largest absolute Gasteiger partial charge is 0.494 e. The molecule has 1 aromatic carbocycles. The number of thioether (sulfide) groups is 1. The second-order valence-electron chi connectivity index (χ2n) is 10.4. The number of fused-ring (bicyclic) bond motifs is 1. The Kier molecular flexibility index (Phi) is 9.12. The summed E-state index contributed by atoms with van der Waals surface area (Å²) in [5.74, 6) is -0.752. The highest BCUT2D eigenvalue weighted by Gasteiger charge is 2.75. The van der Waals surface area contributed by atoms with Gasteiger partial charge in [0.15, 0.2) is 0 Å². The first-order chi connectivity index (χ1) is 17.7. The standard InChI is InChI=1S/C27H38BrN3O5S/c1-4-36-18-11-9-17(10-12-18)30-24(33)20-21-26(35)31(13-7-5-6-8-14-32)23(25(34)29-16(2)3)27(21)15-19(28)22(20)37-27/h9-12,16,19-23,32H,4-8,13-15H2,1-3H3,(H,29,34)(H,30,33)/t19?,20-,21-,22-,23?,27?/m0/s1. The normalized spacial score (nSPS) is 30.1. The fourth-order valence-corrected chi connectivity index (χ4v) is 9.72. The van der Waals surface area contributed by atoms with E-state index >= 15 is 0 Å². The van der Waals surface area contributed by atoms with Crippen molar-refractivity contribution in [2.45, 2.75) is 79.8 Å². The van der Waals surface area contributed by atoms with Gasteiger partial charge in [0.1, 0.15) is 11.8 Å². The lowest BCUT2D eigenvalue weighted by molar-refractivity contribution is -0.139. The number of aliphatic hydroxyl groups is 1. The van der Waals surface area contributed by atoms with E-state index in [1.165, 1.54) is 0 Å². The summed E-state index contributed by atoms with van der Waals surface area (Å²) in [5.41, 5.74) is 0.654. The molecule has 3 aliphatic heterocycles. The average molecular weight is 597 g/mol. The lowest BCUT2D eigenvalue weighted by atomic mass is 9.70. The van der Waals surface area contributed by atoms with E-state index in [-0.39, 0.29) is 40.4 Å². The molecule has 1 aromatic rings. The van der Waals surface area contributed by atoms with E-state index in [4.69, 9.17) is 9.84 Å². The number of carbonyl (C=O) groups is 3. The van der Waals surface area contributed by atoms with E-state index in [9.17, 15) is 14.4 Å². The summed E-state index contributed by atoms with van der Waals surface area (Å²) in [6.07, 6.45) is 3.91. The molecule has 3 N–H and O–H groups in total. The molecule has 3 heterocycles. The quantitative estimate of drug-likeness (QED) is 0.252. The van der Waals surface area contributed by atoms with Gasteiger partial charge >= 0.3 is 0 Å². The third-order valence-electron chi connectivity index (χ3n) is 7.51. The molecule has 37 heavy (non-hydrogen) atoms. The van der Waals surface area contributed by atoms with Crippen LogP contribution in [0.4, 0.5) is 5.69 Å². The van der Waals surface area contributed by atoms with Gasteiger partial charge in [-0.15, -0.1) is 11.8 Å². The number of nitrogens with zero attached hydrogens (tertiary/aromatic N) is 1. The minimum absolute atomic E-state index is 0.0384. The van der Waals surface area contributed by atoms with Crippen LogP contribution in [0.15, 0.2) is 24.3 Å². The number of likely N-dealkylation sites (tertiary alicyclic amines) is 1. The number of halogens is 1. The first kappa shape index (κ1) is 28.2. The number of hydrogen-bond donors (Lipinski definition) is 3. The van der Waals surface area contributed by atoms with Crippen molar-refractivity contribution in [3.63, 3.8) is 0 Å². The number of alkyl halides is 1. The highest BCUT2D eigenvalue weighted by Crippen LogP contribution is 2.67. The van der Waals surface area contributed by atoms with Crippen LogP contribution in [0.1, 0.15) is 52.9 Å². The number of nitrogens with one attached hydrogen (secondary N) is 2. The molecule has 3 aliphatic rings. The number of rotatable bonds is 12. The van der Waals surface area contributed by atoms with Crippen LogP contribution in [0.5, 0.6) is 5.75 Å². The van der Waals surface area contributed by atoms with Crippen molar-refractivity contribution in [2.75, 3.05) is 25.1 Å². The molecule has 2 bridgehead atoms. The molecular formula is C27H38BrN3O5S. The Morgan fingerprint density at radius 1 is 1.19 bits per heavy atom. The molecule has 6 atom stereocenters. The summed E-state index contributed by atoms with van der Waals surface area (Å²) >= 11 is 5.44. The van der Waals surface area contributed by atoms with Crippen molar-refractivity contribution in [1.82, 2.24) is 10.2 Å². The monoisotopic (exact) mass is 595 g/mol. The number of amides is 3. The Bertz CT molecular complexity index is 993. The minimum atomic E-state index is -0.638. The number of benzene rings is 1. The van der Waals surface area contributed by atoms with Gasteiger partial charge in [0.2, 0.25) is 17.7 Å². The summed E-state index contributed by atoms with van der Waals surface area (Å²) in [6, 6.07) is 6.58. The van der Waals surface area contributed by atoms with Gasteiger partial charge in [-0.2, -0.15) is 0 Å². The zero-order valence-electron chi connectivity index (χ0n) is 21.7. The van der Waals surface area contributed by atoms with Gasteiger partial charge in [-0.05, 0) is 64.3 Å². The van der Waals surface area contributed by atoms with E-state index in [1.807, 2.05) is 32.9 Å². The fourth-order valence-electron chi connectivity index (χ4n) is 6.11. The molecule has 0 radical (unpaired) electrons. The first-order valence-electron chi connectivity index (χ1n) is 13.3. The first-order valence-corrected chi connectivity index (χ1v) is 15.1. The zero-order chi connectivity index (χ0) is 26.7. The summed E-state index contributed by atoms with van der Waals surface area (Å²) < 4.78 is 4.86. The van der Waals surface area contributed by atoms with Crippen molar-refractivity contribution >= 4 is 51.1 Å². The van der Waals surface area contributed by atoms with E-state index < -0.39 is 22.6 Å². The number of unbranched alkanes of at least 4 members (excludes halogenated alkanes) is 3. The maximum Gasteiger partial charge on any atom is 0.244 e. The van der Waals surface area contributed by atoms with Crippen molar-refractivity contribution < 1.29 is 24.2 Å². The molecule has 8 nitrogen and oxygen atoms in total. The van der Waals surface area contributed by atoms with Crippen LogP contribution in [-0.4, -0.2) is 74.4 Å². The van der Waals surface area contributed by atoms with Crippen molar-refractivity contribution in [3.05, 3.63) is 24.3 Å². The van der Waals surface area contributed by atoms with Crippen LogP contribution in [0, 0.1) is 11.8 Å². The number of carbonyl (C=O) groups excluding carboxylic acids is 3. The molecule has 3 unspecified atom stereocenters. The maximum atomic E-state index is 14.0. The van der Waals surface area contributed by atoms with Crippen molar-refractivity contribution in [2.24, 2.45) is 11.8 Å². The molecule has 3 fully saturated rings. The van der Waals surface area contributed by atoms with Gasteiger partial charge in [0.05, 0.1) is 23.2 Å². The third-order valence-corrected chi connectivity index (χ3v) is 10.7. The van der Waals surface area contributed by atoms with Crippen LogP contribution in [0.2, 0.25) is 0 Å². The number of ether oxygens (including phenoxy) is 1. The minimum Gasteiger partial charge on any atom is -0.494 e. The van der Waals surface area contributed by atoms with Gasteiger partial charge in [-0.25, -0.2) is 0 Å². The molecule has 3 amide bonds. The molecule has 1 spiro atoms. The maximum absolute atomic E-state index is 14.0. The Hall–Kier alpha value is -1.78. The van der Waals surface area contributed by atoms with Crippen molar-refractivity contribution in [1.29, 1.82) is 0 Å². The lowest BCUT2D eigenvalue weighted by Crippen LogP contribution is -2.55. The predicted octanol–water partition coefficient (Wildman–Crippen LogP) is 3.57. The second-order valence-corrected chi connectivity index (χ2v) is 13.2. The van der Waals surface area contributed by atoms with E-state index in [1.54, 1.807) is 28.8 Å². The summed E-state index contributed by atoms with van der Waals surface area (Å²) in [7, 11) is 0. The zero-order valence-corrected chi connectivity index (χ0v) is 24.1. The molecule has 0 aliphatic carbocycles. The van der Waals surface area contributed by atoms with E-state index in [0.717, 1.165) is 31.4 Å². The Morgan fingerprint density at radius 3 is 2.54 bits per heavy atom. The molecule has 3 saturated heterocycles. The highest BCUT2D eigenvalue weighted by molar-refractivity contribution is 9.09. The van der Waals surface area contributed by atoms with Crippen LogP contribution in [-0.2, 0) is 14.4 Å². The Labute approximate surface area is 231 Å². The van der Waals surface area contributed by atoms with E-state index in [2.05, 4.69) is 26.6 Å². The SMILES string of the molecule is CCOc1ccc(NC(=O)[C@H]2[C@H]3C(=O)N(CCCCCCO)C(C(=O)NC(C)C)C34CC(Br)[C@@H]2S4)cc1. The van der Waals surface area contributed by atoms with Gasteiger partial charge in [-0.3, -0.25) is 14.4 Å². The third kappa shape index (κ3) is 5.52. The highest BCUT2D eigenvalue weighted by atomic mass is 79.9. The molecule has 0 saturated carbocycles. The summed E-state index contributed by atoms with van der Waals surface area (Å²) in [4.78, 5) is 43.0. The van der Waals surface area contributed by atoms with Crippen LogP contribution >= 0.6 is 27.7 Å². The Balaban J connectivity index is 1.58. The molecule has 10 heteroatoms. The lowest BCUT2D eigenvalue weighted by Gasteiger charge is -2.35. The predicted molar refractivity (Wildman–Crippen MR) is 149 cm³/mol. The summed E-state index contributed by atoms with van der Waals surface area (Å²) in [6.45, 7) is 6.95. The number of aliphatic hydroxyl groups excluding tert-OH is 1. The van der Waals surface area contributed by atoms with Gasteiger partial charge < -0.3 is 25.4 Å². The van der Waals surface area contributed by atoms with Gasteiger partial charge in [-0.1, -0.05) is 28.8 Å². The second kappa shape index (κ2) is 11.9. The molecule has 204 valence electrons. The average Bonchev–Trinajstić information content (AvgIpc) is 3.43. The number of hydrogen-bond acceptors (Lipinski definition) is 6. The number of anilines is 1. The summed E-state index contributed by atoms with van der Waals surface area (Å²) in [5, 5.41) is 15.1. The van der Waals surface area contributed by atoms with Crippen LogP contribution < -0.4 is 15.4 Å². The van der Waals surface area contributed by atoms with Crippen LogP contribution in [0.3, 0.4) is 0 Å². The van der Waals surface area contributed by atoms with Crippen LogP contribution in [0.25, 0.3) is 0 Å². The smallest absolute Gasteiger partial charge is 0.244 e.